The molecule has 1 aliphatic rings. The fourth-order valence-electron chi connectivity index (χ4n) is 3.18. The Morgan fingerprint density at radius 2 is 1.96 bits per heavy atom. The monoisotopic (exact) mass is 312 g/mol. The Kier molecular flexibility index (Phi) is 3.96. The van der Waals surface area contributed by atoms with Crippen molar-refractivity contribution in [2.75, 3.05) is 13.1 Å². The summed E-state index contributed by atoms with van der Waals surface area (Å²) >= 11 is 0. The lowest BCUT2D eigenvalue weighted by Gasteiger charge is -2.43. The predicted molar refractivity (Wildman–Crippen MR) is 89.6 cm³/mol. The van der Waals surface area contributed by atoms with E-state index >= 15 is 0 Å². The summed E-state index contributed by atoms with van der Waals surface area (Å²) in [5, 5.41) is 7.71. The van der Waals surface area contributed by atoms with Crippen LogP contribution in [0.3, 0.4) is 0 Å². The van der Waals surface area contributed by atoms with Crippen LogP contribution in [0.4, 0.5) is 0 Å². The van der Waals surface area contributed by atoms with Gasteiger partial charge in [-0.15, -0.1) is 10.2 Å². The van der Waals surface area contributed by atoms with E-state index in [1.807, 2.05) is 30.0 Å². The maximum Gasteiger partial charge on any atom is 0.256 e. The van der Waals surface area contributed by atoms with Gasteiger partial charge < -0.3 is 4.90 Å². The molecule has 0 bridgehead atoms. The van der Waals surface area contributed by atoms with Crippen LogP contribution in [-0.2, 0) is 0 Å². The predicted octanol–water partition coefficient (Wildman–Crippen LogP) is 3.08. The molecule has 2 aromatic rings. The molecule has 1 saturated heterocycles. The first-order chi connectivity index (χ1) is 10.9. The number of piperidine rings is 1. The molecule has 1 aliphatic heterocycles. The molecule has 5 heteroatoms. The quantitative estimate of drug-likeness (QED) is 0.856. The van der Waals surface area contributed by atoms with Gasteiger partial charge in [0.1, 0.15) is 12.7 Å². The highest BCUT2D eigenvalue weighted by Crippen LogP contribution is 2.35. The Labute approximate surface area is 137 Å². The number of aryl methyl sites for hydroxylation is 1. The molecule has 122 valence electrons. The molecule has 1 aromatic heterocycles. The van der Waals surface area contributed by atoms with Gasteiger partial charge in [-0.3, -0.25) is 9.36 Å². The molecule has 0 radical (unpaired) electrons. The second-order valence-corrected chi connectivity index (χ2v) is 7.29. The van der Waals surface area contributed by atoms with Crippen molar-refractivity contribution >= 4 is 5.91 Å². The number of hydrogen-bond acceptors (Lipinski definition) is 3. The topological polar surface area (TPSA) is 51.0 Å². The number of benzene rings is 1. The lowest BCUT2D eigenvalue weighted by molar-refractivity contribution is 0.0427. The summed E-state index contributed by atoms with van der Waals surface area (Å²) in [6.45, 7) is 10.4. The molecule has 5 nitrogen and oxygen atoms in total. The van der Waals surface area contributed by atoms with Crippen LogP contribution in [0.5, 0.6) is 0 Å². The van der Waals surface area contributed by atoms with Gasteiger partial charge in [0.2, 0.25) is 0 Å². The molecule has 3 rings (SSSR count). The second-order valence-electron chi connectivity index (χ2n) is 7.29. The Balaban J connectivity index is 1.95. The summed E-state index contributed by atoms with van der Waals surface area (Å²) < 4.78 is 1.80. The van der Waals surface area contributed by atoms with Crippen molar-refractivity contribution in [3.8, 4) is 5.69 Å². The van der Waals surface area contributed by atoms with E-state index in [9.17, 15) is 4.79 Å². The van der Waals surface area contributed by atoms with E-state index in [2.05, 4.69) is 31.0 Å². The molecule has 1 unspecified atom stereocenters. The fraction of sp³-hybridized carbons (Fsp3) is 0.500. The third-order valence-corrected chi connectivity index (χ3v) is 5.13. The first-order valence-corrected chi connectivity index (χ1v) is 8.13. The van der Waals surface area contributed by atoms with Crippen LogP contribution >= 0.6 is 0 Å². The van der Waals surface area contributed by atoms with Gasteiger partial charge >= 0.3 is 0 Å². The van der Waals surface area contributed by atoms with Crippen molar-refractivity contribution in [3.63, 3.8) is 0 Å². The number of carbonyl (C=O) groups is 1. The van der Waals surface area contributed by atoms with E-state index in [0.717, 1.165) is 36.3 Å². The molecule has 2 heterocycles. The number of nitrogens with zero attached hydrogens (tertiary/aromatic N) is 4. The molecule has 0 spiro atoms. The third-order valence-electron chi connectivity index (χ3n) is 5.13. The second kappa shape index (κ2) is 5.80. The van der Waals surface area contributed by atoms with Crippen molar-refractivity contribution in [3.05, 3.63) is 42.0 Å². The summed E-state index contributed by atoms with van der Waals surface area (Å²) in [6.07, 6.45) is 4.31. The summed E-state index contributed by atoms with van der Waals surface area (Å²) in [6, 6.07) is 5.93. The molecule has 1 amide bonds. The van der Waals surface area contributed by atoms with Crippen molar-refractivity contribution in [2.24, 2.45) is 11.3 Å². The zero-order valence-corrected chi connectivity index (χ0v) is 14.3. The molecular formula is C18H24N4O. The van der Waals surface area contributed by atoms with Crippen LogP contribution in [0.25, 0.3) is 5.69 Å². The van der Waals surface area contributed by atoms with Crippen molar-refractivity contribution < 1.29 is 4.79 Å². The summed E-state index contributed by atoms with van der Waals surface area (Å²) in [7, 11) is 0. The van der Waals surface area contributed by atoms with E-state index in [0.29, 0.717) is 5.92 Å². The van der Waals surface area contributed by atoms with Crippen molar-refractivity contribution in [2.45, 2.75) is 34.1 Å². The molecule has 1 aromatic carbocycles. The van der Waals surface area contributed by atoms with E-state index < -0.39 is 0 Å². The highest BCUT2D eigenvalue weighted by Gasteiger charge is 2.35. The maximum absolute atomic E-state index is 13.1. The zero-order valence-electron chi connectivity index (χ0n) is 14.3. The average molecular weight is 312 g/mol. The van der Waals surface area contributed by atoms with Crippen LogP contribution in [-0.4, -0.2) is 38.7 Å². The van der Waals surface area contributed by atoms with Gasteiger partial charge in [0, 0.05) is 13.1 Å². The minimum Gasteiger partial charge on any atom is -0.338 e. The number of amides is 1. The molecule has 0 aliphatic carbocycles. The number of likely N-dealkylation sites (tertiary alicyclic amines) is 1. The van der Waals surface area contributed by atoms with Gasteiger partial charge in [-0.25, -0.2) is 0 Å². The Morgan fingerprint density at radius 3 is 2.61 bits per heavy atom. The standard InChI is InChI=1S/C18H24N4O/c1-13-5-6-16(22-11-19-20-12-22)15(9-13)17(23)21-8-7-14(2)18(3,4)10-21/h5-6,9,11-12,14H,7-8,10H2,1-4H3. The van der Waals surface area contributed by atoms with Crippen LogP contribution in [0.2, 0.25) is 0 Å². The zero-order chi connectivity index (χ0) is 16.6. The highest BCUT2D eigenvalue weighted by atomic mass is 16.2. The summed E-state index contributed by atoms with van der Waals surface area (Å²) in [4.78, 5) is 15.1. The molecule has 1 fully saturated rings. The molecular weight excluding hydrogens is 288 g/mol. The Hall–Kier alpha value is -2.17. The van der Waals surface area contributed by atoms with Crippen LogP contribution in [0.1, 0.15) is 43.1 Å². The smallest absolute Gasteiger partial charge is 0.256 e. The average Bonchev–Trinajstić information content (AvgIpc) is 3.03. The van der Waals surface area contributed by atoms with Crippen LogP contribution < -0.4 is 0 Å². The van der Waals surface area contributed by atoms with E-state index in [1.54, 1.807) is 17.2 Å². The molecule has 23 heavy (non-hydrogen) atoms. The fourth-order valence-corrected chi connectivity index (χ4v) is 3.18. The first kappa shape index (κ1) is 15.7. The molecule has 0 saturated carbocycles. The SMILES string of the molecule is Cc1ccc(-n2cnnc2)c(C(=O)N2CCC(C)C(C)(C)C2)c1. The lowest BCUT2D eigenvalue weighted by Crippen LogP contribution is -2.47. The number of carbonyl (C=O) groups excluding carboxylic acids is 1. The van der Waals surface area contributed by atoms with Gasteiger partial charge in [-0.2, -0.15) is 0 Å². The van der Waals surface area contributed by atoms with Crippen molar-refractivity contribution in [1.29, 1.82) is 0 Å². The lowest BCUT2D eigenvalue weighted by atomic mass is 9.75. The number of aromatic nitrogens is 3. The minimum absolute atomic E-state index is 0.0948. The molecule has 0 N–H and O–H groups in total. The molecule has 1 atom stereocenters. The minimum atomic E-state index is 0.0948. The van der Waals surface area contributed by atoms with Crippen molar-refractivity contribution in [1.82, 2.24) is 19.7 Å². The highest BCUT2D eigenvalue weighted by molar-refractivity contribution is 5.98. The van der Waals surface area contributed by atoms with Gasteiger partial charge in [0.05, 0.1) is 11.3 Å². The van der Waals surface area contributed by atoms with Gasteiger partial charge in [-0.1, -0.05) is 32.4 Å². The van der Waals surface area contributed by atoms with Gasteiger partial charge in [0.15, 0.2) is 0 Å². The van der Waals surface area contributed by atoms with Crippen LogP contribution in [0.15, 0.2) is 30.9 Å². The normalized spacial score (nSPS) is 20.5. The Morgan fingerprint density at radius 1 is 1.26 bits per heavy atom. The Bertz CT molecular complexity index is 706. The largest absolute Gasteiger partial charge is 0.338 e. The van der Waals surface area contributed by atoms with Crippen LogP contribution in [0, 0.1) is 18.3 Å². The van der Waals surface area contributed by atoms with E-state index in [1.165, 1.54) is 0 Å². The van der Waals surface area contributed by atoms with Gasteiger partial charge in [-0.05, 0) is 36.8 Å². The third kappa shape index (κ3) is 3.00. The maximum atomic E-state index is 13.1. The summed E-state index contributed by atoms with van der Waals surface area (Å²) in [5.74, 6) is 0.721. The first-order valence-electron chi connectivity index (χ1n) is 8.13. The van der Waals surface area contributed by atoms with Gasteiger partial charge in [0.25, 0.3) is 5.91 Å². The summed E-state index contributed by atoms with van der Waals surface area (Å²) in [5.41, 5.74) is 2.78. The van der Waals surface area contributed by atoms with E-state index in [4.69, 9.17) is 0 Å². The number of rotatable bonds is 2. The van der Waals surface area contributed by atoms with E-state index in [-0.39, 0.29) is 11.3 Å². The number of hydrogen-bond donors (Lipinski definition) is 0.